The molecule has 4 nitrogen and oxygen atoms in total. The van der Waals surface area contributed by atoms with Gasteiger partial charge < -0.3 is 10.3 Å². The van der Waals surface area contributed by atoms with Crippen LogP contribution in [0.4, 0.5) is 0 Å². The number of imidazole rings is 1. The van der Waals surface area contributed by atoms with Crippen molar-refractivity contribution in [2.24, 2.45) is 12.8 Å². The highest BCUT2D eigenvalue weighted by molar-refractivity contribution is 5.96. The van der Waals surface area contributed by atoms with E-state index in [0.29, 0.717) is 5.56 Å². The van der Waals surface area contributed by atoms with Gasteiger partial charge in [0.15, 0.2) is 0 Å². The SMILES string of the molecule is Cc1cccc(-c2nc3ccc(C(N)=O)cc3n2C)c1. The van der Waals surface area contributed by atoms with Crippen LogP contribution in [0.25, 0.3) is 22.4 Å². The van der Waals surface area contributed by atoms with Gasteiger partial charge in [0.25, 0.3) is 0 Å². The number of aromatic nitrogens is 2. The lowest BCUT2D eigenvalue weighted by molar-refractivity contribution is 0.100. The highest BCUT2D eigenvalue weighted by Crippen LogP contribution is 2.24. The minimum Gasteiger partial charge on any atom is -0.366 e. The number of rotatable bonds is 2. The molecule has 0 unspecified atom stereocenters. The Hall–Kier alpha value is -2.62. The molecule has 3 aromatic rings. The Morgan fingerprint density at radius 3 is 2.70 bits per heavy atom. The zero-order valence-corrected chi connectivity index (χ0v) is 11.4. The van der Waals surface area contributed by atoms with Crippen LogP contribution >= 0.6 is 0 Å². The quantitative estimate of drug-likeness (QED) is 0.774. The summed E-state index contributed by atoms with van der Waals surface area (Å²) in [6.45, 7) is 2.05. The van der Waals surface area contributed by atoms with E-state index in [1.165, 1.54) is 5.56 Å². The van der Waals surface area contributed by atoms with E-state index in [1.807, 2.05) is 29.8 Å². The first-order valence-electron chi connectivity index (χ1n) is 6.39. The Balaban J connectivity index is 2.23. The van der Waals surface area contributed by atoms with Gasteiger partial charge in [-0.25, -0.2) is 4.98 Å². The van der Waals surface area contributed by atoms with Crippen LogP contribution < -0.4 is 5.73 Å². The van der Waals surface area contributed by atoms with Crippen molar-refractivity contribution in [3.8, 4) is 11.4 Å². The van der Waals surface area contributed by atoms with E-state index >= 15 is 0 Å². The molecular formula is C16H15N3O. The van der Waals surface area contributed by atoms with Gasteiger partial charge in [-0.3, -0.25) is 4.79 Å². The van der Waals surface area contributed by atoms with Crippen molar-refractivity contribution in [1.29, 1.82) is 0 Å². The molecule has 0 aliphatic carbocycles. The summed E-state index contributed by atoms with van der Waals surface area (Å²) in [5, 5.41) is 0. The van der Waals surface area contributed by atoms with Crippen LogP contribution in [0.5, 0.6) is 0 Å². The Kier molecular flexibility index (Phi) is 2.79. The van der Waals surface area contributed by atoms with E-state index < -0.39 is 5.91 Å². The molecule has 1 amide bonds. The molecule has 0 aliphatic heterocycles. The average molecular weight is 265 g/mol. The van der Waals surface area contributed by atoms with Crippen molar-refractivity contribution < 1.29 is 4.79 Å². The molecule has 4 heteroatoms. The summed E-state index contributed by atoms with van der Waals surface area (Å²) in [5.41, 5.74) is 9.82. The Labute approximate surface area is 116 Å². The zero-order valence-electron chi connectivity index (χ0n) is 11.4. The molecule has 3 rings (SSSR count). The lowest BCUT2D eigenvalue weighted by Gasteiger charge is -2.03. The molecule has 20 heavy (non-hydrogen) atoms. The summed E-state index contributed by atoms with van der Waals surface area (Å²) in [4.78, 5) is 15.9. The number of carbonyl (C=O) groups is 1. The number of hydrogen-bond acceptors (Lipinski definition) is 2. The van der Waals surface area contributed by atoms with Crippen molar-refractivity contribution in [2.45, 2.75) is 6.92 Å². The lowest BCUT2D eigenvalue weighted by Crippen LogP contribution is -2.10. The fraction of sp³-hybridized carbons (Fsp3) is 0.125. The summed E-state index contributed by atoms with van der Waals surface area (Å²) < 4.78 is 1.98. The number of amides is 1. The van der Waals surface area contributed by atoms with Gasteiger partial charge in [-0.15, -0.1) is 0 Å². The minimum absolute atomic E-state index is 0.426. The van der Waals surface area contributed by atoms with Crippen LogP contribution in [-0.2, 0) is 7.05 Å². The maximum atomic E-state index is 11.3. The maximum absolute atomic E-state index is 11.3. The molecule has 0 atom stereocenters. The van der Waals surface area contributed by atoms with Gasteiger partial charge in [-0.2, -0.15) is 0 Å². The van der Waals surface area contributed by atoms with E-state index in [4.69, 9.17) is 5.73 Å². The first-order chi connectivity index (χ1) is 9.56. The van der Waals surface area contributed by atoms with E-state index in [0.717, 1.165) is 22.4 Å². The molecule has 0 bridgehead atoms. The number of fused-ring (bicyclic) bond motifs is 1. The van der Waals surface area contributed by atoms with Crippen molar-refractivity contribution in [1.82, 2.24) is 9.55 Å². The highest BCUT2D eigenvalue weighted by atomic mass is 16.1. The Bertz CT molecular complexity index is 818. The molecule has 2 aromatic carbocycles. The molecule has 2 N–H and O–H groups in total. The normalized spacial score (nSPS) is 10.9. The fourth-order valence-corrected chi connectivity index (χ4v) is 2.39. The van der Waals surface area contributed by atoms with Gasteiger partial charge in [0.1, 0.15) is 5.82 Å². The predicted octanol–water partition coefficient (Wildman–Crippen LogP) is 2.65. The third-order valence-electron chi connectivity index (χ3n) is 3.44. The first-order valence-corrected chi connectivity index (χ1v) is 6.39. The van der Waals surface area contributed by atoms with Gasteiger partial charge in [0.05, 0.1) is 11.0 Å². The van der Waals surface area contributed by atoms with Gasteiger partial charge >= 0.3 is 0 Å². The number of nitrogens with zero attached hydrogens (tertiary/aromatic N) is 2. The highest BCUT2D eigenvalue weighted by Gasteiger charge is 2.11. The van der Waals surface area contributed by atoms with E-state index in [9.17, 15) is 4.79 Å². The number of primary amides is 1. The van der Waals surface area contributed by atoms with Gasteiger partial charge in [-0.1, -0.05) is 23.8 Å². The van der Waals surface area contributed by atoms with Crippen LogP contribution in [-0.4, -0.2) is 15.5 Å². The smallest absolute Gasteiger partial charge is 0.248 e. The summed E-state index contributed by atoms with van der Waals surface area (Å²) >= 11 is 0. The summed E-state index contributed by atoms with van der Waals surface area (Å²) in [7, 11) is 1.94. The van der Waals surface area contributed by atoms with Gasteiger partial charge in [0, 0.05) is 18.2 Å². The largest absolute Gasteiger partial charge is 0.366 e. The van der Waals surface area contributed by atoms with Crippen molar-refractivity contribution in [2.75, 3.05) is 0 Å². The molecule has 0 spiro atoms. The predicted molar refractivity (Wildman–Crippen MR) is 79.4 cm³/mol. The Morgan fingerprint density at radius 1 is 1.20 bits per heavy atom. The van der Waals surface area contributed by atoms with Gasteiger partial charge in [-0.05, 0) is 31.2 Å². The van der Waals surface area contributed by atoms with Crippen molar-refractivity contribution >= 4 is 16.9 Å². The monoisotopic (exact) mass is 265 g/mol. The summed E-state index contributed by atoms with van der Waals surface area (Å²) in [6, 6.07) is 13.5. The second-order valence-electron chi connectivity index (χ2n) is 4.93. The first kappa shape index (κ1) is 12.4. The molecular weight excluding hydrogens is 250 g/mol. The second kappa shape index (κ2) is 4.49. The van der Waals surface area contributed by atoms with E-state index in [-0.39, 0.29) is 0 Å². The topological polar surface area (TPSA) is 60.9 Å². The average Bonchev–Trinajstić information content (AvgIpc) is 2.76. The lowest BCUT2D eigenvalue weighted by atomic mass is 10.1. The number of benzene rings is 2. The minimum atomic E-state index is -0.426. The molecule has 0 saturated heterocycles. The van der Waals surface area contributed by atoms with E-state index in [1.54, 1.807) is 12.1 Å². The molecule has 0 radical (unpaired) electrons. The summed E-state index contributed by atoms with van der Waals surface area (Å²) in [6.07, 6.45) is 0. The maximum Gasteiger partial charge on any atom is 0.248 e. The number of hydrogen-bond donors (Lipinski definition) is 1. The van der Waals surface area contributed by atoms with Crippen LogP contribution in [0.15, 0.2) is 42.5 Å². The number of carbonyl (C=O) groups excluding carboxylic acids is 1. The number of aryl methyl sites for hydroxylation is 2. The molecule has 1 aromatic heterocycles. The molecule has 100 valence electrons. The van der Waals surface area contributed by atoms with Crippen LogP contribution in [0, 0.1) is 6.92 Å². The van der Waals surface area contributed by atoms with E-state index in [2.05, 4.69) is 24.0 Å². The van der Waals surface area contributed by atoms with Crippen LogP contribution in [0.3, 0.4) is 0 Å². The van der Waals surface area contributed by atoms with Crippen LogP contribution in [0.2, 0.25) is 0 Å². The van der Waals surface area contributed by atoms with Crippen molar-refractivity contribution in [3.05, 3.63) is 53.6 Å². The molecule has 0 saturated carbocycles. The zero-order chi connectivity index (χ0) is 14.3. The van der Waals surface area contributed by atoms with Gasteiger partial charge in [0.2, 0.25) is 5.91 Å². The third-order valence-corrected chi connectivity index (χ3v) is 3.44. The van der Waals surface area contributed by atoms with Crippen molar-refractivity contribution in [3.63, 3.8) is 0 Å². The Morgan fingerprint density at radius 2 is 2.00 bits per heavy atom. The third kappa shape index (κ3) is 1.95. The standard InChI is InChI=1S/C16H15N3O/c1-10-4-3-5-12(8-10)16-18-13-7-6-11(15(17)20)9-14(13)19(16)2/h3-9H,1-2H3,(H2,17,20). The molecule has 1 heterocycles. The summed E-state index contributed by atoms with van der Waals surface area (Å²) in [5.74, 6) is 0.454. The number of nitrogens with two attached hydrogens (primary N) is 1. The molecule has 0 fully saturated rings. The second-order valence-corrected chi connectivity index (χ2v) is 4.93. The van der Waals surface area contributed by atoms with Crippen LogP contribution in [0.1, 0.15) is 15.9 Å². The fourth-order valence-electron chi connectivity index (χ4n) is 2.39. The molecule has 0 aliphatic rings.